The first-order chi connectivity index (χ1) is 9.96. The summed E-state index contributed by atoms with van der Waals surface area (Å²) in [6.45, 7) is 2.95. The molecule has 3 rings (SSSR count). The van der Waals surface area contributed by atoms with E-state index in [0.29, 0.717) is 35.4 Å². The van der Waals surface area contributed by atoms with Crippen LogP contribution in [-0.4, -0.2) is 30.9 Å². The minimum Gasteiger partial charge on any atom is -0.389 e. The quantitative estimate of drug-likeness (QED) is 0.842. The van der Waals surface area contributed by atoms with E-state index in [1.807, 2.05) is 0 Å². The van der Waals surface area contributed by atoms with E-state index in [4.69, 9.17) is 0 Å². The van der Waals surface area contributed by atoms with Crippen molar-refractivity contribution in [1.82, 2.24) is 4.31 Å². The van der Waals surface area contributed by atoms with Crippen LogP contribution >= 0.6 is 0 Å². The molecule has 0 saturated heterocycles. The Morgan fingerprint density at radius 3 is 2.24 bits per heavy atom. The molecule has 2 aliphatic carbocycles. The summed E-state index contributed by atoms with van der Waals surface area (Å²) < 4.78 is 27.4. The molecule has 0 aromatic heterocycles. The fourth-order valence-electron chi connectivity index (χ4n) is 2.53. The second-order valence-corrected chi connectivity index (χ2v) is 8.40. The molecule has 116 valence electrons. The van der Waals surface area contributed by atoms with Gasteiger partial charge in [0.2, 0.25) is 10.0 Å². The molecule has 4 nitrogen and oxygen atoms in total. The molecule has 2 saturated carbocycles. The second kappa shape index (κ2) is 5.71. The monoisotopic (exact) mass is 309 g/mol. The molecule has 1 aromatic rings. The van der Waals surface area contributed by atoms with Crippen LogP contribution in [0.1, 0.15) is 44.3 Å². The molecular formula is C16H23NO3S. The maximum Gasteiger partial charge on any atom is 0.243 e. The summed E-state index contributed by atoms with van der Waals surface area (Å²) in [6.07, 6.45) is 3.92. The zero-order valence-corrected chi connectivity index (χ0v) is 13.2. The normalized spacial score (nSPS) is 20.7. The lowest BCUT2D eigenvalue weighted by molar-refractivity contribution is 0.199. The molecule has 21 heavy (non-hydrogen) atoms. The van der Waals surface area contributed by atoms with Gasteiger partial charge in [0.05, 0.1) is 11.0 Å². The third kappa shape index (κ3) is 3.65. The van der Waals surface area contributed by atoms with Crippen LogP contribution in [0, 0.1) is 11.8 Å². The van der Waals surface area contributed by atoms with Crippen LogP contribution in [0.25, 0.3) is 0 Å². The number of aliphatic hydroxyl groups is 1. The van der Waals surface area contributed by atoms with E-state index in [0.717, 1.165) is 25.7 Å². The van der Waals surface area contributed by atoms with E-state index in [9.17, 15) is 13.5 Å². The summed E-state index contributed by atoms with van der Waals surface area (Å²) in [5.41, 5.74) is 0.647. The molecule has 0 bridgehead atoms. The topological polar surface area (TPSA) is 57.6 Å². The molecule has 1 atom stereocenters. The van der Waals surface area contributed by atoms with Crippen LogP contribution in [0.5, 0.6) is 0 Å². The van der Waals surface area contributed by atoms with Crippen molar-refractivity contribution >= 4 is 10.0 Å². The molecule has 0 aliphatic heterocycles. The fourth-order valence-corrected chi connectivity index (χ4v) is 4.18. The highest BCUT2D eigenvalue weighted by molar-refractivity contribution is 7.89. The van der Waals surface area contributed by atoms with Gasteiger partial charge in [-0.2, -0.15) is 4.31 Å². The standard InChI is InChI=1S/C16H23NO3S/c1-12(18)15-3-2-4-16(9-15)21(19,20)17(10-13-5-6-13)11-14-7-8-14/h2-4,9,12-14,18H,5-8,10-11H2,1H3. The Bertz CT molecular complexity index is 590. The molecule has 5 heteroatoms. The predicted molar refractivity (Wildman–Crippen MR) is 81.3 cm³/mol. The van der Waals surface area contributed by atoms with Crippen LogP contribution in [-0.2, 0) is 10.0 Å². The van der Waals surface area contributed by atoms with Crippen molar-refractivity contribution in [3.8, 4) is 0 Å². The Balaban J connectivity index is 1.86. The molecule has 0 amide bonds. The van der Waals surface area contributed by atoms with Gasteiger partial charge in [-0.05, 0) is 62.1 Å². The van der Waals surface area contributed by atoms with E-state index in [2.05, 4.69) is 0 Å². The van der Waals surface area contributed by atoms with Gasteiger partial charge in [-0.15, -0.1) is 0 Å². The molecular weight excluding hydrogens is 286 g/mol. The van der Waals surface area contributed by atoms with Crippen molar-refractivity contribution in [1.29, 1.82) is 0 Å². The van der Waals surface area contributed by atoms with Gasteiger partial charge in [-0.25, -0.2) is 8.42 Å². The lowest BCUT2D eigenvalue weighted by atomic mass is 10.1. The van der Waals surface area contributed by atoms with Gasteiger partial charge in [0, 0.05) is 13.1 Å². The van der Waals surface area contributed by atoms with Crippen LogP contribution < -0.4 is 0 Å². The van der Waals surface area contributed by atoms with Crippen LogP contribution in [0.4, 0.5) is 0 Å². The number of hydrogen-bond donors (Lipinski definition) is 1. The maximum atomic E-state index is 12.9. The fraction of sp³-hybridized carbons (Fsp3) is 0.625. The van der Waals surface area contributed by atoms with Gasteiger partial charge in [-0.1, -0.05) is 12.1 Å². The lowest BCUT2D eigenvalue weighted by Gasteiger charge is -2.22. The van der Waals surface area contributed by atoms with Crippen molar-refractivity contribution < 1.29 is 13.5 Å². The first-order valence-corrected chi connectivity index (χ1v) is 9.19. The van der Waals surface area contributed by atoms with Gasteiger partial charge in [0.1, 0.15) is 0 Å². The van der Waals surface area contributed by atoms with E-state index in [1.165, 1.54) is 0 Å². The summed E-state index contributed by atoms with van der Waals surface area (Å²) in [6, 6.07) is 6.71. The third-order valence-electron chi connectivity index (χ3n) is 4.30. The average Bonchev–Trinajstić information content (AvgIpc) is 3.33. The molecule has 0 spiro atoms. The van der Waals surface area contributed by atoms with Gasteiger partial charge in [0.25, 0.3) is 0 Å². The van der Waals surface area contributed by atoms with Crippen LogP contribution in [0.2, 0.25) is 0 Å². The summed E-state index contributed by atoms with van der Waals surface area (Å²) in [5.74, 6) is 1.08. The lowest BCUT2D eigenvalue weighted by Crippen LogP contribution is -2.34. The summed E-state index contributed by atoms with van der Waals surface area (Å²) in [7, 11) is -3.45. The molecule has 1 unspecified atom stereocenters. The van der Waals surface area contributed by atoms with E-state index in [1.54, 1.807) is 35.5 Å². The average molecular weight is 309 g/mol. The Kier molecular flexibility index (Phi) is 4.08. The van der Waals surface area contributed by atoms with E-state index >= 15 is 0 Å². The molecule has 2 aliphatic rings. The molecule has 1 aromatic carbocycles. The first-order valence-electron chi connectivity index (χ1n) is 7.75. The molecule has 2 fully saturated rings. The highest BCUT2D eigenvalue weighted by atomic mass is 32.2. The molecule has 0 heterocycles. The van der Waals surface area contributed by atoms with Crippen molar-refractivity contribution in [3.05, 3.63) is 29.8 Å². The van der Waals surface area contributed by atoms with Crippen molar-refractivity contribution in [2.75, 3.05) is 13.1 Å². The summed E-state index contributed by atoms with van der Waals surface area (Å²) in [4.78, 5) is 0.308. The Hall–Kier alpha value is -0.910. The van der Waals surface area contributed by atoms with Crippen LogP contribution in [0.15, 0.2) is 29.2 Å². The van der Waals surface area contributed by atoms with Gasteiger partial charge in [-0.3, -0.25) is 0 Å². The number of sulfonamides is 1. The predicted octanol–water partition coefficient (Wildman–Crippen LogP) is 2.55. The Morgan fingerprint density at radius 2 is 1.76 bits per heavy atom. The summed E-state index contributed by atoms with van der Waals surface area (Å²) in [5, 5.41) is 9.65. The number of nitrogens with zero attached hydrogens (tertiary/aromatic N) is 1. The molecule has 0 radical (unpaired) electrons. The van der Waals surface area contributed by atoms with Gasteiger partial charge in [0.15, 0.2) is 0 Å². The van der Waals surface area contributed by atoms with E-state index in [-0.39, 0.29) is 0 Å². The largest absolute Gasteiger partial charge is 0.389 e. The Labute approximate surface area is 126 Å². The van der Waals surface area contributed by atoms with Crippen molar-refractivity contribution in [2.24, 2.45) is 11.8 Å². The number of aliphatic hydroxyl groups excluding tert-OH is 1. The van der Waals surface area contributed by atoms with Crippen molar-refractivity contribution in [3.63, 3.8) is 0 Å². The minimum atomic E-state index is -3.45. The van der Waals surface area contributed by atoms with Gasteiger partial charge >= 0.3 is 0 Å². The number of rotatable bonds is 7. The maximum absolute atomic E-state index is 12.9. The SMILES string of the molecule is CC(O)c1cccc(S(=O)(=O)N(CC2CC2)CC2CC2)c1. The van der Waals surface area contributed by atoms with Gasteiger partial charge < -0.3 is 5.11 Å². The third-order valence-corrected chi connectivity index (χ3v) is 6.12. The van der Waals surface area contributed by atoms with Crippen molar-refractivity contribution in [2.45, 2.75) is 43.6 Å². The summed E-state index contributed by atoms with van der Waals surface area (Å²) >= 11 is 0. The van der Waals surface area contributed by atoms with E-state index < -0.39 is 16.1 Å². The number of benzene rings is 1. The minimum absolute atomic E-state index is 0.308. The first kappa shape index (κ1) is 15.0. The van der Waals surface area contributed by atoms with Crippen LogP contribution in [0.3, 0.4) is 0 Å². The molecule has 1 N–H and O–H groups in total. The smallest absolute Gasteiger partial charge is 0.243 e. The zero-order chi connectivity index (χ0) is 15.0. The zero-order valence-electron chi connectivity index (χ0n) is 12.4. The number of hydrogen-bond acceptors (Lipinski definition) is 3. The highest BCUT2D eigenvalue weighted by Crippen LogP contribution is 2.36. The highest BCUT2D eigenvalue weighted by Gasteiger charge is 2.35. The second-order valence-electron chi connectivity index (χ2n) is 6.46. The Morgan fingerprint density at radius 1 is 1.19 bits per heavy atom.